The maximum absolute atomic E-state index is 13.7. The fourth-order valence-corrected chi connectivity index (χ4v) is 10.3. The molecule has 3 heterocycles. The molecule has 3 fully saturated rings. The number of thiazole rings is 1. The minimum atomic E-state index is -0.272. The van der Waals surface area contributed by atoms with Crippen LogP contribution in [0.4, 0.5) is 5.69 Å². The molecule has 1 aromatic heterocycles. The van der Waals surface area contributed by atoms with Gasteiger partial charge in [-0.05, 0) is 66.5 Å². The number of rotatable bonds is 2. The number of hydrogen-bond donors (Lipinski definition) is 1. The standard InChI is InChI=1S/C26H21BrN2O3S2/c1-11-4-2-3-5-14(11)17-18-15-10-16(21(18)33-23-22(17)34-26(32)28-23)20-19(15)24(30)29(25(20)31)13-8-6-12(27)7-9-13/h2-9,15-21H,10H2,1H3,(H,28,32)/t15-,16-,17+,18+,19+,20+,21-/m1/s1. The zero-order valence-corrected chi connectivity index (χ0v) is 21.5. The number of aryl methyl sites for hydroxylation is 1. The van der Waals surface area contributed by atoms with E-state index in [4.69, 9.17) is 0 Å². The highest BCUT2D eigenvalue weighted by Gasteiger charge is 2.69. The molecular weight excluding hydrogens is 532 g/mol. The van der Waals surface area contributed by atoms with Crippen LogP contribution in [0.1, 0.15) is 28.3 Å². The van der Waals surface area contributed by atoms with Gasteiger partial charge in [-0.25, -0.2) is 0 Å². The number of carbonyl (C=O) groups is 2. The zero-order valence-electron chi connectivity index (χ0n) is 18.2. The van der Waals surface area contributed by atoms with Gasteiger partial charge in [0.15, 0.2) is 0 Å². The average molecular weight is 554 g/mol. The number of H-pyrrole nitrogens is 1. The highest BCUT2D eigenvalue weighted by molar-refractivity contribution is 9.10. The smallest absolute Gasteiger partial charge is 0.305 e. The van der Waals surface area contributed by atoms with Crippen molar-refractivity contribution in [1.29, 1.82) is 0 Å². The van der Waals surface area contributed by atoms with E-state index in [-0.39, 0.29) is 57.4 Å². The van der Waals surface area contributed by atoms with Gasteiger partial charge in [0.05, 0.1) is 22.5 Å². The molecule has 7 rings (SSSR count). The van der Waals surface area contributed by atoms with E-state index in [1.54, 1.807) is 11.8 Å². The maximum atomic E-state index is 13.7. The predicted molar refractivity (Wildman–Crippen MR) is 136 cm³/mol. The van der Waals surface area contributed by atoms with Gasteiger partial charge in [-0.15, -0.1) is 11.8 Å². The van der Waals surface area contributed by atoms with Crippen LogP contribution in [0.25, 0.3) is 0 Å². The van der Waals surface area contributed by atoms with Crippen molar-refractivity contribution in [2.45, 2.75) is 29.5 Å². The average Bonchev–Trinajstić information content (AvgIpc) is 3.54. The molecule has 8 heteroatoms. The fourth-order valence-electron chi connectivity index (χ4n) is 7.15. The number of aromatic amines is 1. The molecule has 5 nitrogen and oxygen atoms in total. The van der Waals surface area contributed by atoms with Crippen LogP contribution in [0.5, 0.6) is 0 Å². The maximum Gasteiger partial charge on any atom is 0.305 e. The molecule has 2 saturated carbocycles. The summed E-state index contributed by atoms with van der Waals surface area (Å²) in [6, 6.07) is 15.8. The Morgan fingerprint density at radius 3 is 2.41 bits per heavy atom. The van der Waals surface area contributed by atoms with Crippen LogP contribution < -0.4 is 9.77 Å². The summed E-state index contributed by atoms with van der Waals surface area (Å²) in [4.78, 5) is 45.3. The number of anilines is 1. The van der Waals surface area contributed by atoms with Crippen molar-refractivity contribution in [2.24, 2.45) is 29.6 Å². The number of amides is 2. The first-order valence-corrected chi connectivity index (χ1v) is 14.0. The summed E-state index contributed by atoms with van der Waals surface area (Å²) in [5, 5.41) is 1.17. The molecule has 2 bridgehead atoms. The van der Waals surface area contributed by atoms with Gasteiger partial charge in [-0.2, -0.15) is 0 Å². The van der Waals surface area contributed by atoms with Crippen LogP contribution in [0.2, 0.25) is 0 Å². The van der Waals surface area contributed by atoms with Gasteiger partial charge in [-0.1, -0.05) is 51.5 Å². The number of nitrogens with one attached hydrogen (secondary N) is 1. The van der Waals surface area contributed by atoms with Crippen LogP contribution >= 0.6 is 39.0 Å². The van der Waals surface area contributed by atoms with Gasteiger partial charge in [0.2, 0.25) is 11.8 Å². The molecule has 7 atom stereocenters. The lowest BCUT2D eigenvalue weighted by Gasteiger charge is -2.43. The molecule has 2 aliphatic heterocycles. The minimum Gasteiger partial charge on any atom is -0.307 e. The Hall–Kier alpha value is -2.16. The second-order valence-electron chi connectivity index (χ2n) is 9.81. The van der Waals surface area contributed by atoms with E-state index >= 15 is 0 Å². The number of carbonyl (C=O) groups excluding carboxylic acids is 2. The summed E-state index contributed by atoms with van der Waals surface area (Å²) in [6.07, 6.45) is 0.908. The van der Waals surface area contributed by atoms with E-state index in [0.29, 0.717) is 5.69 Å². The van der Waals surface area contributed by atoms with Gasteiger partial charge in [0.25, 0.3) is 0 Å². The Balaban J connectivity index is 1.34. The van der Waals surface area contributed by atoms with Gasteiger partial charge >= 0.3 is 4.87 Å². The lowest BCUT2D eigenvalue weighted by Crippen LogP contribution is -2.42. The van der Waals surface area contributed by atoms with E-state index < -0.39 is 0 Å². The first-order valence-electron chi connectivity index (χ1n) is 11.5. The van der Waals surface area contributed by atoms with Crippen molar-refractivity contribution >= 4 is 56.5 Å². The number of benzene rings is 2. The van der Waals surface area contributed by atoms with Crippen LogP contribution in [0.3, 0.4) is 0 Å². The van der Waals surface area contributed by atoms with Crippen LogP contribution in [0.15, 0.2) is 62.8 Å². The minimum absolute atomic E-state index is 0.0304. The van der Waals surface area contributed by atoms with Crippen LogP contribution in [0, 0.1) is 36.5 Å². The molecule has 3 aromatic rings. The molecule has 4 aliphatic rings. The molecule has 34 heavy (non-hydrogen) atoms. The lowest BCUT2D eigenvalue weighted by molar-refractivity contribution is -0.123. The predicted octanol–water partition coefficient (Wildman–Crippen LogP) is 5.19. The third-order valence-corrected chi connectivity index (χ3v) is 11.4. The zero-order chi connectivity index (χ0) is 23.3. The van der Waals surface area contributed by atoms with E-state index in [0.717, 1.165) is 20.8 Å². The van der Waals surface area contributed by atoms with Crippen LogP contribution in [-0.2, 0) is 9.59 Å². The monoisotopic (exact) mass is 552 g/mol. The number of imide groups is 1. The highest BCUT2D eigenvalue weighted by Crippen LogP contribution is 2.68. The molecule has 1 N–H and O–H groups in total. The summed E-state index contributed by atoms with van der Waals surface area (Å²) in [7, 11) is 0. The van der Waals surface area contributed by atoms with Gasteiger partial charge in [0, 0.05) is 20.5 Å². The van der Waals surface area contributed by atoms with Crippen molar-refractivity contribution in [3.05, 3.63) is 78.7 Å². The molecule has 2 aliphatic carbocycles. The van der Waals surface area contributed by atoms with Gasteiger partial charge < -0.3 is 4.98 Å². The summed E-state index contributed by atoms with van der Waals surface area (Å²) in [5.41, 5.74) is 3.09. The molecular formula is C26H21BrN2O3S2. The lowest BCUT2D eigenvalue weighted by atomic mass is 9.67. The second kappa shape index (κ2) is 7.42. The number of fused-ring (bicyclic) bond motifs is 9. The Labute approximate surface area is 213 Å². The number of thioether (sulfide) groups is 1. The Morgan fingerprint density at radius 1 is 0.971 bits per heavy atom. The second-order valence-corrected chi connectivity index (χ2v) is 12.9. The third-order valence-electron chi connectivity index (χ3n) is 8.33. The number of aromatic nitrogens is 1. The number of hydrogen-bond acceptors (Lipinski definition) is 5. The number of halogens is 1. The van der Waals surface area contributed by atoms with Crippen molar-refractivity contribution < 1.29 is 9.59 Å². The van der Waals surface area contributed by atoms with E-state index in [1.165, 1.54) is 27.4 Å². The Morgan fingerprint density at radius 2 is 1.68 bits per heavy atom. The molecule has 0 unspecified atom stereocenters. The Kier molecular flexibility index (Phi) is 4.61. The summed E-state index contributed by atoms with van der Waals surface area (Å²) in [5.74, 6) is -0.0499. The van der Waals surface area contributed by atoms with Crippen molar-refractivity contribution in [1.82, 2.24) is 4.98 Å². The first-order chi connectivity index (χ1) is 16.4. The van der Waals surface area contributed by atoms with Crippen LogP contribution in [-0.4, -0.2) is 22.0 Å². The SMILES string of the molecule is Cc1ccccc1[C@@H]1c2sc(=O)[nH]c2S[C@@H]2[C@@H]3C[C@@H]([C@@H]4C(=O)N(c5ccc(Br)cc5)C(=O)[C@@H]34)[C@@H]12. The van der Waals surface area contributed by atoms with E-state index in [1.807, 2.05) is 30.3 Å². The highest BCUT2D eigenvalue weighted by atomic mass is 79.9. The van der Waals surface area contributed by atoms with Crippen molar-refractivity contribution in [2.75, 3.05) is 4.90 Å². The topological polar surface area (TPSA) is 70.2 Å². The summed E-state index contributed by atoms with van der Waals surface area (Å²) >= 11 is 6.48. The number of nitrogens with zero attached hydrogens (tertiary/aromatic N) is 1. The largest absolute Gasteiger partial charge is 0.307 e. The van der Waals surface area contributed by atoms with Crippen molar-refractivity contribution in [3.8, 4) is 0 Å². The molecule has 0 spiro atoms. The van der Waals surface area contributed by atoms with E-state index in [9.17, 15) is 14.4 Å². The Bertz CT molecular complexity index is 1410. The van der Waals surface area contributed by atoms with E-state index in [2.05, 4.69) is 46.0 Å². The van der Waals surface area contributed by atoms with Gasteiger partial charge in [0.1, 0.15) is 0 Å². The first kappa shape index (κ1) is 21.1. The summed E-state index contributed by atoms with van der Waals surface area (Å²) in [6.45, 7) is 2.12. The fraction of sp³-hybridized carbons (Fsp3) is 0.346. The summed E-state index contributed by atoms with van der Waals surface area (Å²) < 4.78 is 0.916. The quantitative estimate of drug-likeness (QED) is 0.444. The third kappa shape index (κ3) is 2.76. The molecule has 172 valence electrons. The molecule has 1 saturated heterocycles. The molecule has 2 amide bonds. The normalized spacial score (nSPS) is 33.2. The van der Waals surface area contributed by atoms with Crippen molar-refractivity contribution in [3.63, 3.8) is 0 Å². The molecule has 0 radical (unpaired) electrons. The molecule has 2 aromatic carbocycles. The van der Waals surface area contributed by atoms with Gasteiger partial charge in [-0.3, -0.25) is 19.3 Å².